The quantitative estimate of drug-likeness (QED) is 0.658. The average Bonchev–Trinajstić information content (AvgIpc) is 2.56. The van der Waals surface area contributed by atoms with Crippen molar-refractivity contribution < 1.29 is 0 Å². The topological polar surface area (TPSA) is 50.9 Å². The Bertz CT molecular complexity index is 452. The molecule has 3 rings (SSSR count). The molecule has 116 valence electrons. The maximum atomic E-state index is 5.98. The summed E-state index contributed by atoms with van der Waals surface area (Å²) in [5, 5.41) is 0. The minimum atomic E-state index is 0.400. The average molecular weight is 287 g/mol. The predicted octanol–water partition coefficient (Wildman–Crippen LogP) is 3.55. The number of nitrogens with zero attached hydrogens (tertiary/aromatic N) is 1. The van der Waals surface area contributed by atoms with E-state index in [4.69, 9.17) is 10.8 Å². The molecule has 0 amide bonds. The van der Waals surface area contributed by atoms with Crippen molar-refractivity contribution in [1.82, 2.24) is 10.4 Å². The van der Waals surface area contributed by atoms with Gasteiger partial charge in [0.05, 0.1) is 0 Å². The minimum Gasteiger partial charge on any atom is -0.271 e. The van der Waals surface area contributed by atoms with E-state index in [0.717, 1.165) is 11.8 Å². The molecular formula is C18H29N3. The second-order valence-electron chi connectivity index (χ2n) is 6.93. The van der Waals surface area contributed by atoms with E-state index in [9.17, 15) is 0 Å². The molecule has 0 bridgehead atoms. The molecule has 1 fully saturated rings. The number of hydrogen-bond acceptors (Lipinski definition) is 3. The van der Waals surface area contributed by atoms with Crippen molar-refractivity contribution in [3.63, 3.8) is 0 Å². The third kappa shape index (κ3) is 3.14. The van der Waals surface area contributed by atoms with Crippen LogP contribution in [-0.4, -0.2) is 11.0 Å². The number of rotatable bonds is 4. The lowest BCUT2D eigenvalue weighted by Crippen LogP contribution is -2.47. The highest BCUT2D eigenvalue weighted by Crippen LogP contribution is 2.40. The van der Waals surface area contributed by atoms with Gasteiger partial charge < -0.3 is 0 Å². The van der Waals surface area contributed by atoms with Gasteiger partial charge in [-0.1, -0.05) is 32.3 Å². The molecule has 21 heavy (non-hydrogen) atoms. The molecular weight excluding hydrogens is 258 g/mol. The fourth-order valence-corrected chi connectivity index (χ4v) is 4.53. The number of nitrogens with two attached hydrogens (primary N) is 1. The zero-order chi connectivity index (χ0) is 14.7. The van der Waals surface area contributed by atoms with Crippen molar-refractivity contribution in [2.75, 3.05) is 0 Å². The van der Waals surface area contributed by atoms with Crippen LogP contribution in [-0.2, 0) is 6.42 Å². The molecule has 3 nitrogen and oxygen atoms in total. The first-order valence-electron chi connectivity index (χ1n) is 8.73. The number of fused-ring (bicyclic) bond motifs is 1. The van der Waals surface area contributed by atoms with Crippen LogP contribution >= 0.6 is 0 Å². The van der Waals surface area contributed by atoms with Crippen molar-refractivity contribution in [2.24, 2.45) is 17.7 Å². The molecule has 1 aromatic heterocycles. The normalized spacial score (nSPS) is 30.7. The third-order valence-corrected chi connectivity index (χ3v) is 5.84. The molecule has 1 heterocycles. The molecule has 3 heteroatoms. The van der Waals surface area contributed by atoms with Crippen LogP contribution in [0.5, 0.6) is 0 Å². The van der Waals surface area contributed by atoms with Crippen LogP contribution in [0, 0.1) is 11.8 Å². The van der Waals surface area contributed by atoms with Crippen LogP contribution in [0.3, 0.4) is 0 Å². The first-order valence-corrected chi connectivity index (χ1v) is 8.73. The van der Waals surface area contributed by atoms with Gasteiger partial charge in [0.15, 0.2) is 0 Å². The zero-order valence-corrected chi connectivity index (χ0v) is 13.2. The smallest absolute Gasteiger partial charge is 0.0482 e. The van der Waals surface area contributed by atoms with Crippen LogP contribution in [0.15, 0.2) is 18.3 Å². The lowest BCUT2D eigenvalue weighted by atomic mass is 9.71. The van der Waals surface area contributed by atoms with Crippen molar-refractivity contribution >= 4 is 0 Å². The van der Waals surface area contributed by atoms with Crippen LogP contribution < -0.4 is 11.3 Å². The van der Waals surface area contributed by atoms with Crippen LogP contribution in [0.1, 0.15) is 69.0 Å². The molecule has 2 aliphatic rings. The summed E-state index contributed by atoms with van der Waals surface area (Å²) in [6, 6.07) is 4.71. The number of aromatic nitrogens is 1. The standard InChI is InChI=1S/C18H29N3/c1-2-13-8-10-15(11-9-13)18(21-19)16-7-3-5-14-6-4-12-20-17(14)16/h4,6,12-13,15-16,18,21H,2-3,5,7-11,19H2,1H3. The molecule has 0 aliphatic heterocycles. The van der Waals surface area contributed by atoms with Gasteiger partial charge in [-0.25, -0.2) is 0 Å². The maximum absolute atomic E-state index is 5.98. The largest absolute Gasteiger partial charge is 0.271 e. The van der Waals surface area contributed by atoms with Gasteiger partial charge in [-0.05, 0) is 55.6 Å². The summed E-state index contributed by atoms with van der Waals surface area (Å²) < 4.78 is 0. The number of hydrazine groups is 1. The van der Waals surface area contributed by atoms with Crippen LogP contribution in [0.2, 0.25) is 0 Å². The predicted molar refractivity (Wildman–Crippen MR) is 86.8 cm³/mol. The van der Waals surface area contributed by atoms with Gasteiger partial charge in [-0.3, -0.25) is 16.3 Å². The van der Waals surface area contributed by atoms with Crippen molar-refractivity contribution in [3.8, 4) is 0 Å². The number of nitrogens with one attached hydrogen (secondary N) is 1. The molecule has 0 radical (unpaired) electrons. The molecule has 2 aliphatic carbocycles. The fraction of sp³-hybridized carbons (Fsp3) is 0.722. The summed E-state index contributed by atoms with van der Waals surface area (Å²) in [4.78, 5) is 4.70. The van der Waals surface area contributed by atoms with Gasteiger partial charge >= 0.3 is 0 Å². The Morgan fingerprint density at radius 2 is 2.10 bits per heavy atom. The molecule has 1 saturated carbocycles. The van der Waals surface area contributed by atoms with E-state index >= 15 is 0 Å². The third-order valence-electron chi connectivity index (χ3n) is 5.84. The Morgan fingerprint density at radius 3 is 2.81 bits per heavy atom. The van der Waals surface area contributed by atoms with E-state index in [0.29, 0.717) is 12.0 Å². The van der Waals surface area contributed by atoms with E-state index in [1.54, 1.807) is 0 Å². The van der Waals surface area contributed by atoms with Crippen molar-refractivity contribution in [2.45, 2.75) is 70.3 Å². The molecule has 1 aromatic rings. The Balaban J connectivity index is 1.75. The maximum Gasteiger partial charge on any atom is 0.0482 e. The molecule has 0 aromatic carbocycles. The summed E-state index contributed by atoms with van der Waals surface area (Å²) in [5.41, 5.74) is 5.93. The summed E-state index contributed by atoms with van der Waals surface area (Å²) in [5.74, 6) is 8.14. The summed E-state index contributed by atoms with van der Waals surface area (Å²) in [6.45, 7) is 2.32. The SMILES string of the molecule is CCC1CCC(C(NN)C2CCCc3cccnc32)CC1. The second-order valence-corrected chi connectivity index (χ2v) is 6.93. The number of aryl methyl sites for hydroxylation is 1. The second kappa shape index (κ2) is 6.89. The summed E-state index contributed by atoms with van der Waals surface area (Å²) in [7, 11) is 0. The van der Waals surface area contributed by atoms with Gasteiger partial charge in [-0.2, -0.15) is 0 Å². The lowest BCUT2D eigenvalue weighted by Gasteiger charge is -2.39. The van der Waals surface area contributed by atoms with E-state index < -0.39 is 0 Å². The highest BCUT2D eigenvalue weighted by atomic mass is 15.2. The minimum absolute atomic E-state index is 0.400. The zero-order valence-electron chi connectivity index (χ0n) is 13.2. The summed E-state index contributed by atoms with van der Waals surface area (Å²) in [6.07, 6.45) is 12.4. The van der Waals surface area contributed by atoms with Crippen molar-refractivity contribution in [3.05, 3.63) is 29.6 Å². The van der Waals surface area contributed by atoms with Gasteiger partial charge in [-0.15, -0.1) is 0 Å². The Hall–Kier alpha value is -0.930. The van der Waals surface area contributed by atoms with Gasteiger partial charge in [0, 0.05) is 23.9 Å². The van der Waals surface area contributed by atoms with Gasteiger partial charge in [0.1, 0.15) is 0 Å². The van der Waals surface area contributed by atoms with E-state index in [1.165, 1.54) is 62.6 Å². The highest BCUT2D eigenvalue weighted by Gasteiger charge is 2.35. The van der Waals surface area contributed by atoms with E-state index in [2.05, 4.69) is 24.5 Å². The lowest BCUT2D eigenvalue weighted by molar-refractivity contribution is 0.191. The number of hydrogen-bond donors (Lipinski definition) is 2. The number of pyridine rings is 1. The first kappa shape index (κ1) is 15.0. The fourth-order valence-electron chi connectivity index (χ4n) is 4.53. The highest BCUT2D eigenvalue weighted by molar-refractivity contribution is 5.27. The van der Waals surface area contributed by atoms with Gasteiger partial charge in [0.25, 0.3) is 0 Å². The Labute approximate surface area is 128 Å². The Kier molecular flexibility index (Phi) is 4.91. The van der Waals surface area contributed by atoms with E-state index in [-0.39, 0.29) is 0 Å². The summed E-state index contributed by atoms with van der Waals surface area (Å²) >= 11 is 0. The monoisotopic (exact) mass is 287 g/mol. The van der Waals surface area contributed by atoms with Crippen LogP contribution in [0.4, 0.5) is 0 Å². The van der Waals surface area contributed by atoms with E-state index in [1.807, 2.05) is 6.20 Å². The molecule has 3 N–H and O–H groups in total. The van der Waals surface area contributed by atoms with Gasteiger partial charge in [0.2, 0.25) is 0 Å². The molecule has 2 atom stereocenters. The molecule has 2 unspecified atom stereocenters. The first-order chi connectivity index (χ1) is 10.3. The Morgan fingerprint density at radius 1 is 1.29 bits per heavy atom. The molecule has 0 saturated heterocycles. The molecule has 0 spiro atoms. The van der Waals surface area contributed by atoms with Crippen LogP contribution in [0.25, 0.3) is 0 Å². The van der Waals surface area contributed by atoms with Crippen molar-refractivity contribution in [1.29, 1.82) is 0 Å².